The molecule has 1 aromatic carbocycles. The van der Waals surface area contributed by atoms with Crippen molar-refractivity contribution in [2.75, 3.05) is 7.11 Å². The van der Waals surface area contributed by atoms with E-state index in [1.807, 2.05) is 0 Å². The van der Waals surface area contributed by atoms with Gasteiger partial charge in [-0.15, -0.1) is 0 Å². The van der Waals surface area contributed by atoms with Gasteiger partial charge in [-0.1, -0.05) is 11.3 Å². The Balaban J connectivity index is 2.76. The average molecular weight is 416 g/mol. The van der Waals surface area contributed by atoms with Crippen molar-refractivity contribution in [1.29, 1.82) is 0 Å². The molecule has 4 heteroatoms. The van der Waals surface area contributed by atoms with E-state index in [2.05, 4.69) is 63.4 Å². The molecule has 1 nitrogen and oxygen atoms in total. The predicted octanol–water partition coefficient (Wildman–Crippen LogP) is 4.12. The molecule has 0 saturated carbocycles. The Bertz CT molecular complexity index is 450. The molecule has 0 N–H and O–H groups in total. The third-order valence-corrected chi connectivity index (χ3v) is 5.92. The Morgan fingerprint density at radius 1 is 1.31 bits per heavy atom. The normalized spacial score (nSPS) is 10.7. The van der Waals surface area contributed by atoms with E-state index >= 15 is 0 Å². The first-order valence-corrected chi connectivity index (χ1v) is 6.61. The summed E-state index contributed by atoms with van der Waals surface area (Å²) in [5.41, 5.74) is 0. The summed E-state index contributed by atoms with van der Waals surface area (Å²) >= 11 is 6.42. The number of ether oxygens (including phenoxy) is 1. The Morgan fingerprint density at radius 3 is 2.77 bits per heavy atom. The van der Waals surface area contributed by atoms with Crippen LogP contribution in [0.5, 0.6) is 5.06 Å². The fourth-order valence-electron chi connectivity index (χ4n) is 1.13. The molecule has 1 aromatic heterocycles. The average Bonchev–Trinajstić information content (AvgIpc) is 2.55. The maximum Gasteiger partial charge on any atom is 0.174 e. The number of hydrogen-bond donors (Lipinski definition) is 0. The zero-order valence-corrected chi connectivity index (χ0v) is 11.9. The standard InChI is InChI=1S/C9H6I2OS/c1-12-8-4-5-7(13-8)3-2-6(10)9(5)11/h2-4H,1H3. The van der Waals surface area contributed by atoms with Gasteiger partial charge in [0.2, 0.25) is 0 Å². The monoisotopic (exact) mass is 416 g/mol. The fraction of sp³-hybridized carbons (Fsp3) is 0.111. The first kappa shape index (κ1) is 9.97. The van der Waals surface area contributed by atoms with Gasteiger partial charge in [0.25, 0.3) is 0 Å². The Labute approximate surface area is 108 Å². The van der Waals surface area contributed by atoms with Crippen LogP contribution in [0.2, 0.25) is 0 Å². The molecule has 0 bridgehead atoms. The van der Waals surface area contributed by atoms with Gasteiger partial charge in [0, 0.05) is 23.3 Å². The Kier molecular flexibility index (Phi) is 2.99. The predicted molar refractivity (Wildman–Crippen MR) is 73.8 cm³/mol. The molecule has 0 saturated heterocycles. The fourth-order valence-corrected chi connectivity index (χ4v) is 3.29. The third kappa shape index (κ3) is 1.80. The highest BCUT2D eigenvalue weighted by molar-refractivity contribution is 14.1. The van der Waals surface area contributed by atoms with Crippen LogP contribution >= 0.6 is 56.5 Å². The smallest absolute Gasteiger partial charge is 0.174 e. The number of methoxy groups -OCH3 is 1. The van der Waals surface area contributed by atoms with Crippen molar-refractivity contribution in [3.8, 4) is 5.06 Å². The van der Waals surface area contributed by atoms with Crippen molar-refractivity contribution >= 4 is 66.6 Å². The summed E-state index contributed by atoms with van der Waals surface area (Å²) in [4.78, 5) is 0. The Morgan fingerprint density at radius 2 is 2.08 bits per heavy atom. The first-order chi connectivity index (χ1) is 6.22. The molecule has 0 fully saturated rings. The molecule has 0 aliphatic carbocycles. The minimum absolute atomic E-state index is 0.981. The highest BCUT2D eigenvalue weighted by Crippen LogP contribution is 2.35. The second kappa shape index (κ2) is 3.90. The van der Waals surface area contributed by atoms with Gasteiger partial charge >= 0.3 is 0 Å². The van der Waals surface area contributed by atoms with Crippen LogP contribution in [-0.2, 0) is 0 Å². The van der Waals surface area contributed by atoms with Crippen LogP contribution in [0.1, 0.15) is 0 Å². The highest BCUT2D eigenvalue weighted by atomic mass is 127. The summed E-state index contributed by atoms with van der Waals surface area (Å²) in [5.74, 6) is 0. The van der Waals surface area contributed by atoms with Gasteiger partial charge < -0.3 is 4.74 Å². The lowest BCUT2D eigenvalue weighted by atomic mass is 10.3. The number of fused-ring (bicyclic) bond motifs is 1. The van der Waals surface area contributed by atoms with Crippen LogP contribution < -0.4 is 4.74 Å². The van der Waals surface area contributed by atoms with Gasteiger partial charge in [0.1, 0.15) is 0 Å². The van der Waals surface area contributed by atoms with Gasteiger partial charge in [0.15, 0.2) is 5.06 Å². The van der Waals surface area contributed by atoms with Crippen LogP contribution in [0, 0.1) is 7.14 Å². The van der Waals surface area contributed by atoms with E-state index in [0.717, 1.165) is 5.06 Å². The van der Waals surface area contributed by atoms with Crippen LogP contribution in [0.4, 0.5) is 0 Å². The topological polar surface area (TPSA) is 9.23 Å². The molecule has 0 amide bonds. The quantitative estimate of drug-likeness (QED) is 0.636. The molecule has 0 unspecified atom stereocenters. The van der Waals surface area contributed by atoms with E-state index in [9.17, 15) is 0 Å². The lowest BCUT2D eigenvalue weighted by Crippen LogP contribution is -1.78. The SMILES string of the molecule is COc1cc2c(I)c(I)ccc2s1. The number of rotatable bonds is 1. The second-order valence-electron chi connectivity index (χ2n) is 2.54. The van der Waals surface area contributed by atoms with Crippen LogP contribution in [0.15, 0.2) is 18.2 Å². The van der Waals surface area contributed by atoms with E-state index in [4.69, 9.17) is 4.74 Å². The number of halogens is 2. The summed E-state index contributed by atoms with van der Waals surface area (Å²) in [6.45, 7) is 0. The van der Waals surface area contributed by atoms with Gasteiger partial charge in [-0.25, -0.2) is 0 Å². The van der Waals surface area contributed by atoms with Crippen molar-refractivity contribution in [3.63, 3.8) is 0 Å². The molecular formula is C9H6I2OS. The number of hydrogen-bond acceptors (Lipinski definition) is 2. The number of benzene rings is 1. The summed E-state index contributed by atoms with van der Waals surface area (Å²) in [5, 5.41) is 2.28. The molecule has 2 rings (SSSR count). The van der Waals surface area contributed by atoms with E-state index < -0.39 is 0 Å². The lowest BCUT2D eigenvalue weighted by molar-refractivity contribution is 0.427. The van der Waals surface area contributed by atoms with Gasteiger partial charge in [-0.05, 0) is 57.3 Å². The second-order valence-corrected chi connectivity index (χ2v) is 5.83. The van der Waals surface area contributed by atoms with Gasteiger partial charge in [0.05, 0.1) is 7.11 Å². The summed E-state index contributed by atoms with van der Waals surface area (Å²) in [6.07, 6.45) is 0. The molecule has 2 aromatic rings. The zero-order valence-electron chi connectivity index (χ0n) is 6.80. The molecule has 0 radical (unpaired) electrons. The number of thiophene rings is 1. The van der Waals surface area contributed by atoms with Crippen molar-refractivity contribution < 1.29 is 4.74 Å². The van der Waals surface area contributed by atoms with Gasteiger partial charge in [-0.2, -0.15) is 0 Å². The third-order valence-electron chi connectivity index (χ3n) is 1.77. The molecule has 68 valence electrons. The molecule has 0 aliphatic heterocycles. The lowest BCUT2D eigenvalue weighted by Gasteiger charge is -1.95. The van der Waals surface area contributed by atoms with Crippen molar-refractivity contribution in [2.45, 2.75) is 0 Å². The Hall–Kier alpha value is 0.440. The first-order valence-electron chi connectivity index (χ1n) is 3.64. The van der Waals surface area contributed by atoms with Crippen molar-refractivity contribution in [2.24, 2.45) is 0 Å². The van der Waals surface area contributed by atoms with E-state index in [1.54, 1.807) is 18.4 Å². The molecule has 0 atom stereocenters. The van der Waals surface area contributed by atoms with E-state index in [1.165, 1.54) is 17.2 Å². The molecule has 13 heavy (non-hydrogen) atoms. The minimum atomic E-state index is 0.981. The maximum atomic E-state index is 5.21. The molecule has 0 spiro atoms. The maximum absolute atomic E-state index is 5.21. The van der Waals surface area contributed by atoms with Crippen LogP contribution in [0.3, 0.4) is 0 Å². The molecule has 0 aliphatic rings. The van der Waals surface area contributed by atoms with Crippen molar-refractivity contribution in [3.05, 3.63) is 25.3 Å². The summed E-state index contributed by atoms with van der Waals surface area (Å²) in [7, 11) is 1.71. The van der Waals surface area contributed by atoms with Crippen LogP contribution in [-0.4, -0.2) is 7.11 Å². The summed E-state index contributed by atoms with van der Waals surface area (Å²) < 4.78 is 9.11. The van der Waals surface area contributed by atoms with E-state index in [-0.39, 0.29) is 0 Å². The summed E-state index contributed by atoms with van der Waals surface area (Å²) in [6, 6.07) is 6.39. The van der Waals surface area contributed by atoms with E-state index in [0.29, 0.717) is 0 Å². The largest absolute Gasteiger partial charge is 0.487 e. The van der Waals surface area contributed by atoms with Crippen molar-refractivity contribution in [1.82, 2.24) is 0 Å². The molecule has 1 heterocycles. The highest BCUT2D eigenvalue weighted by Gasteiger charge is 2.06. The minimum Gasteiger partial charge on any atom is -0.487 e. The van der Waals surface area contributed by atoms with Gasteiger partial charge in [-0.3, -0.25) is 0 Å². The van der Waals surface area contributed by atoms with Crippen LogP contribution in [0.25, 0.3) is 10.1 Å². The zero-order chi connectivity index (χ0) is 9.42. The molecular weight excluding hydrogens is 410 g/mol.